The second kappa shape index (κ2) is 11.8. The van der Waals surface area contributed by atoms with Crippen molar-refractivity contribution < 1.29 is 14.2 Å². The molecule has 0 saturated carbocycles. The Labute approximate surface area is 179 Å². The molecule has 0 aliphatic carbocycles. The molecule has 1 aliphatic rings. The van der Waals surface area contributed by atoms with Crippen LogP contribution in [0.2, 0.25) is 0 Å². The number of hydrogen-bond donors (Lipinski definition) is 1. The number of aliphatic imine (C=N–C) groups is 1. The van der Waals surface area contributed by atoms with Crippen molar-refractivity contribution in [3.05, 3.63) is 17.7 Å². The van der Waals surface area contributed by atoms with Gasteiger partial charge in [0.25, 0.3) is 0 Å². The monoisotopic (exact) mass is 488 g/mol. The molecule has 0 amide bonds. The summed E-state index contributed by atoms with van der Waals surface area (Å²) < 4.78 is 16.3. The number of rotatable bonds is 6. The number of methoxy groups -OCH3 is 3. The second-order valence-electron chi connectivity index (χ2n) is 5.90. The van der Waals surface area contributed by atoms with Gasteiger partial charge in [-0.05, 0) is 17.7 Å². The highest BCUT2D eigenvalue weighted by atomic mass is 127. The van der Waals surface area contributed by atoms with Crippen molar-refractivity contribution in [1.29, 1.82) is 0 Å². The van der Waals surface area contributed by atoms with Crippen LogP contribution in [-0.4, -0.2) is 76.9 Å². The fourth-order valence-corrected chi connectivity index (χ4v) is 3.07. The van der Waals surface area contributed by atoms with Crippen LogP contribution in [0.1, 0.15) is 5.56 Å². The quantitative estimate of drug-likeness (QED) is 0.285. The first-order chi connectivity index (χ1) is 12.7. The number of halogens is 1. The molecule has 0 spiro atoms. The lowest BCUT2D eigenvalue weighted by molar-refractivity contribution is 0.172. The van der Waals surface area contributed by atoms with Crippen LogP contribution >= 0.6 is 24.0 Å². The first-order valence-electron chi connectivity index (χ1n) is 8.57. The lowest BCUT2D eigenvalue weighted by Crippen LogP contribution is -2.52. The van der Waals surface area contributed by atoms with Crippen LogP contribution in [0.5, 0.6) is 17.2 Å². The molecule has 1 saturated heterocycles. The van der Waals surface area contributed by atoms with Crippen molar-refractivity contribution in [3.8, 4) is 29.6 Å². The number of guanidine groups is 1. The molecular weight excluding hydrogens is 459 g/mol. The molecule has 1 heterocycles. The average molecular weight is 488 g/mol. The van der Waals surface area contributed by atoms with E-state index in [1.165, 1.54) is 0 Å². The Kier molecular flexibility index (Phi) is 10.1. The van der Waals surface area contributed by atoms with Gasteiger partial charge in [-0.25, -0.2) is 0 Å². The summed E-state index contributed by atoms with van der Waals surface area (Å²) in [7, 11) is 6.66. The van der Waals surface area contributed by atoms with Crippen molar-refractivity contribution >= 4 is 29.9 Å². The van der Waals surface area contributed by atoms with E-state index in [1.807, 2.05) is 12.1 Å². The molecular formula is C19H29IN4O3. The van der Waals surface area contributed by atoms with E-state index in [2.05, 4.69) is 26.0 Å². The van der Waals surface area contributed by atoms with Gasteiger partial charge in [-0.2, -0.15) is 0 Å². The second-order valence-corrected chi connectivity index (χ2v) is 5.90. The van der Waals surface area contributed by atoms with Crippen molar-refractivity contribution in [2.75, 3.05) is 61.1 Å². The normalized spacial score (nSPS) is 14.8. The van der Waals surface area contributed by atoms with Crippen LogP contribution in [0.4, 0.5) is 0 Å². The molecule has 2 rings (SSSR count). The summed E-state index contributed by atoms with van der Waals surface area (Å²) >= 11 is 0. The summed E-state index contributed by atoms with van der Waals surface area (Å²) in [5.41, 5.74) is 1.13. The molecule has 1 fully saturated rings. The molecule has 27 heavy (non-hydrogen) atoms. The maximum Gasteiger partial charge on any atom is 0.203 e. The smallest absolute Gasteiger partial charge is 0.203 e. The average Bonchev–Trinajstić information content (AvgIpc) is 2.68. The standard InChI is InChI=1S/C19H28N4O3.HI/c1-6-7-21-19(20-2)23-10-8-22(9-11-23)14-15-12-16(24-3)18(26-5)17(13-15)25-4;/h1,12-13H,7-11,14H2,2-5H3,(H,20,21);1H. The Balaban J connectivity index is 0.00000364. The molecule has 0 aromatic heterocycles. The molecule has 150 valence electrons. The van der Waals surface area contributed by atoms with Gasteiger partial charge in [0, 0.05) is 39.8 Å². The van der Waals surface area contributed by atoms with E-state index in [1.54, 1.807) is 28.4 Å². The molecule has 7 nitrogen and oxygen atoms in total. The third-order valence-corrected chi connectivity index (χ3v) is 4.36. The van der Waals surface area contributed by atoms with Crippen molar-refractivity contribution in [2.24, 2.45) is 4.99 Å². The van der Waals surface area contributed by atoms with E-state index in [0.29, 0.717) is 23.8 Å². The molecule has 0 atom stereocenters. The summed E-state index contributed by atoms with van der Waals surface area (Å²) in [6.45, 7) is 4.98. The largest absolute Gasteiger partial charge is 0.493 e. The van der Waals surface area contributed by atoms with Gasteiger partial charge in [-0.15, -0.1) is 30.4 Å². The number of ether oxygens (including phenoxy) is 3. The van der Waals surface area contributed by atoms with Crippen LogP contribution in [0.25, 0.3) is 0 Å². The van der Waals surface area contributed by atoms with Crippen LogP contribution in [0.3, 0.4) is 0 Å². The molecule has 0 bridgehead atoms. The van der Waals surface area contributed by atoms with Crippen molar-refractivity contribution in [2.45, 2.75) is 6.54 Å². The van der Waals surface area contributed by atoms with Crippen LogP contribution in [-0.2, 0) is 6.54 Å². The highest BCUT2D eigenvalue weighted by Gasteiger charge is 2.21. The summed E-state index contributed by atoms with van der Waals surface area (Å²) in [4.78, 5) is 8.91. The summed E-state index contributed by atoms with van der Waals surface area (Å²) in [5, 5.41) is 3.17. The van der Waals surface area contributed by atoms with Gasteiger partial charge in [0.05, 0.1) is 27.9 Å². The zero-order valence-electron chi connectivity index (χ0n) is 16.4. The molecule has 1 aromatic carbocycles. The van der Waals surface area contributed by atoms with Gasteiger partial charge >= 0.3 is 0 Å². The fraction of sp³-hybridized carbons (Fsp3) is 0.526. The summed E-state index contributed by atoms with van der Waals surface area (Å²) in [6.07, 6.45) is 5.31. The van der Waals surface area contributed by atoms with E-state index < -0.39 is 0 Å². The molecule has 8 heteroatoms. The predicted molar refractivity (Wildman–Crippen MR) is 119 cm³/mol. The maximum absolute atomic E-state index is 5.44. The van der Waals surface area contributed by atoms with E-state index >= 15 is 0 Å². The molecule has 1 aliphatic heterocycles. The Bertz CT molecular complexity index is 642. The van der Waals surface area contributed by atoms with Crippen LogP contribution in [0.15, 0.2) is 17.1 Å². The highest BCUT2D eigenvalue weighted by Crippen LogP contribution is 2.38. The lowest BCUT2D eigenvalue weighted by atomic mass is 10.1. The number of piperazine rings is 1. The van der Waals surface area contributed by atoms with E-state index in [9.17, 15) is 0 Å². The minimum atomic E-state index is 0. The van der Waals surface area contributed by atoms with E-state index in [-0.39, 0.29) is 24.0 Å². The van der Waals surface area contributed by atoms with Crippen molar-refractivity contribution in [3.63, 3.8) is 0 Å². The topological polar surface area (TPSA) is 58.6 Å². The van der Waals surface area contributed by atoms with Gasteiger partial charge in [0.15, 0.2) is 17.5 Å². The number of benzene rings is 1. The number of nitrogens with one attached hydrogen (secondary N) is 1. The van der Waals surface area contributed by atoms with E-state index in [0.717, 1.165) is 44.2 Å². The third-order valence-electron chi connectivity index (χ3n) is 4.36. The van der Waals surface area contributed by atoms with Crippen LogP contribution in [0, 0.1) is 12.3 Å². The Morgan fingerprint density at radius 3 is 2.15 bits per heavy atom. The summed E-state index contributed by atoms with van der Waals surface area (Å²) in [5.74, 6) is 5.42. The highest BCUT2D eigenvalue weighted by molar-refractivity contribution is 14.0. The SMILES string of the molecule is C#CCNC(=NC)N1CCN(Cc2cc(OC)c(OC)c(OC)c2)CC1.I. The lowest BCUT2D eigenvalue weighted by Gasteiger charge is -2.36. The Morgan fingerprint density at radius 2 is 1.70 bits per heavy atom. The number of nitrogens with zero attached hydrogens (tertiary/aromatic N) is 3. The van der Waals surface area contributed by atoms with Gasteiger partial charge in [0.2, 0.25) is 5.75 Å². The predicted octanol–water partition coefficient (Wildman–Crippen LogP) is 1.66. The Morgan fingerprint density at radius 1 is 1.11 bits per heavy atom. The first-order valence-corrected chi connectivity index (χ1v) is 8.57. The molecule has 0 unspecified atom stereocenters. The zero-order chi connectivity index (χ0) is 18.9. The summed E-state index contributed by atoms with van der Waals surface area (Å²) in [6, 6.07) is 4.00. The fourth-order valence-electron chi connectivity index (χ4n) is 3.07. The Hall–Kier alpha value is -1.86. The number of hydrogen-bond acceptors (Lipinski definition) is 5. The van der Waals surface area contributed by atoms with Gasteiger partial charge in [0.1, 0.15) is 0 Å². The van der Waals surface area contributed by atoms with E-state index in [4.69, 9.17) is 20.6 Å². The third kappa shape index (κ3) is 6.07. The van der Waals surface area contributed by atoms with Gasteiger partial charge < -0.3 is 24.4 Å². The maximum atomic E-state index is 5.44. The van der Waals surface area contributed by atoms with Gasteiger partial charge in [-0.1, -0.05) is 5.92 Å². The molecule has 1 aromatic rings. The first kappa shape index (κ1) is 23.2. The molecule has 0 radical (unpaired) electrons. The zero-order valence-corrected chi connectivity index (χ0v) is 18.8. The van der Waals surface area contributed by atoms with Gasteiger partial charge in [-0.3, -0.25) is 9.89 Å². The van der Waals surface area contributed by atoms with Crippen molar-refractivity contribution in [1.82, 2.24) is 15.1 Å². The van der Waals surface area contributed by atoms with Crippen LogP contribution < -0.4 is 19.5 Å². The number of terminal acetylenes is 1. The molecule has 1 N–H and O–H groups in total. The minimum absolute atomic E-state index is 0. The minimum Gasteiger partial charge on any atom is -0.493 e.